The molecular weight excluding hydrogens is 226 g/mol. The fourth-order valence-electron chi connectivity index (χ4n) is 1.44. The van der Waals surface area contributed by atoms with Crippen LogP contribution >= 0.6 is 11.6 Å². The second-order valence-corrected chi connectivity index (χ2v) is 3.92. The van der Waals surface area contributed by atoms with Gasteiger partial charge < -0.3 is 11.5 Å². The maximum atomic E-state index is 6.05. The highest BCUT2D eigenvalue weighted by Gasteiger charge is 2.11. The van der Waals surface area contributed by atoms with E-state index in [-0.39, 0.29) is 0 Å². The van der Waals surface area contributed by atoms with Crippen LogP contribution in [0.15, 0.2) is 12.1 Å². The van der Waals surface area contributed by atoms with Crippen LogP contribution in [0.5, 0.6) is 0 Å². The molecule has 2 aromatic heterocycles. The normalized spacial score (nSPS) is 10.7. The van der Waals surface area contributed by atoms with Crippen molar-refractivity contribution in [3.05, 3.63) is 28.5 Å². The number of nitrogens with zero attached hydrogens (tertiary/aromatic N) is 3. The summed E-state index contributed by atoms with van der Waals surface area (Å²) in [5.41, 5.74) is 13.3. The standard InChI is InChI=1S/C10H12ClN5/c1-5-9(11)6(2)16(15-5)8-4-3-7(12)10(13)14-8/h3-4H,12H2,1-2H3,(H2,13,14). The van der Waals surface area contributed by atoms with E-state index in [0.29, 0.717) is 22.3 Å². The lowest BCUT2D eigenvalue weighted by atomic mass is 10.3. The van der Waals surface area contributed by atoms with Crippen molar-refractivity contribution in [2.75, 3.05) is 11.5 Å². The maximum Gasteiger partial charge on any atom is 0.156 e. The van der Waals surface area contributed by atoms with E-state index in [1.54, 1.807) is 16.8 Å². The van der Waals surface area contributed by atoms with Crippen molar-refractivity contribution in [1.82, 2.24) is 14.8 Å². The summed E-state index contributed by atoms with van der Waals surface area (Å²) in [5.74, 6) is 0.903. The summed E-state index contributed by atoms with van der Waals surface area (Å²) in [7, 11) is 0. The molecule has 0 radical (unpaired) electrons. The van der Waals surface area contributed by atoms with Gasteiger partial charge in [0.25, 0.3) is 0 Å². The molecule has 0 aliphatic rings. The monoisotopic (exact) mass is 237 g/mol. The van der Waals surface area contributed by atoms with Gasteiger partial charge in [-0.05, 0) is 26.0 Å². The molecule has 0 fully saturated rings. The Balaban J connectivity index is 2.59. The number of aryl methyl sites for hydroxylation is 1. The van der Waals surface area contributed by atoms with Crippen LogP contribution < -0.4 is 11.5 Å². The summed E-state index contributed by atoms with van der Waals surface area (Å²) < 4.78 is 1.65. The number of nitrogen functional groups attached to an aromatic ring is 2. The molecule has 0 amide bonds. The number of pyridine rings is 1. The van der Waals surface area contributed by atoms with Crippen molar-refractivity contribution in [2.24, 2.45) is 0 Å². The Morgan fingerprint density at radius 3 is 2.44 bits per heavy atom. The van der Waals surface area contributed by atoms with E-state index in [0.717, 1.165) is 11.4 Å². The first kappa shape index (κ1) is 10.8. The van der Waals surface area contributed by atoms with Crippen LogP contribution in [0.1, 0.15) is 11.4 Å². The van der Waals surface area contributed by atoms with Gasteiger partial charge in [0.1, 0.15) is 5.82 Å². The summed E-state index contributed by atoms with van der Waals surface area (Å²) in [4.78, 5) is 4.15. The van der Waals surface area contributed by atoms with E-state index < -0.39 is 0 Å². The number of nitrogens with two attached hydrogens (primary N) is 2. The number of hydrogen-bond donors (Lipinski definition) is 2. The molecule has 0 bridgehead atoms. The highest BCUT2D eigenvalue weighted by atomic mass is 35.5. The van der Waals surface area contributed by atoms with Crippen molar-refractivity contribution < 1.29 is 0 Å². The number of hydrogen-bond acceptors (Lipinski definition) is 4. The third kappa shape index (κ3) is 1.59. The van der Waals surface area contributed by atoms with Crippen LogP contribution in [0.25, 0.3) is 5.82 Å². The van der Waals surface area contributed by atoms with E-state index in [9.17, 15) is 0 Å². The third-order valence-electron chi connectivity index (χ3n) is 2.36. The Hall–Kier alpha value is -1.75. The third-order valence-corrected chi connectivity index (χ3v) is 2.91. The van der Waals surface area contributed by atoms with Crippen molar-refractivity contribution in [1.29, 1.82) is 0 Å². The maximum absolute atomic E-state index is 6.05. The molecule has 4 N–H and O–H groups in total. The topological polar surface area (TPSA) is 82.8 Å². The summed E-state index contributed by atoms with van der Waals surface area (Å²) in [6, 6.07) is 3.45. The molecule has 0 unspecified atom stereocenters. The molecule has 0 atom stereocenters. The minimum atomic E-state index is 0.293. The second-order valence-electron chi connectivity index (χ2n) is 3.54. The first-order valence-electron chi connectivity index (χ1n) is 4.75. The average Bonchev–Trinajstić information content (AvgIpc) is 2.50. The largest absolute Gasteiger partial charge is 0.396 e. The van der Waals surface area contributed by atoms with Crippen molar-refractivity contribution in [3.63, 3.8) is 0 Å². The summed E-state index contributed by atoms with van der Waals surface area (Å²) >= 11 is 6.05. The molecule has 6 heteroatoms. The van der Waals surface area contributed by atoms with Gasteiger partial charge in [0.2, 0.25) is 0 Å². The van der Waals surface area contributed by atoms with Crippen LogP contribution in [0, 0.1) is 13.8 Å². The molecule has 16 heavy (non-hydrogen) atoms. The molecule has 2 aromatic rings. The van der Waals surface area contributed by atoms with E-state index in [1.807, 2.05) is 13.8 Å². The second kappa shape index (κ2) is 3.68. The minimum absolute atomic E-state index is 0.293. The van der Waals surface area contributed by atoms with E-state index in [2.05, 4.69) is 10.1 Å². The molecule has 0 aromatic carbocycles. The average molecular weight is 238 g/mol. The van der Waals surface area contributed by atoms with Crippen LogP contribution in [0.3, 0.4) is 0 Å². The quantitative estimate of drug-likeness (QED) is 0.791. The van der Waals surface area contributed by atoms with Gasteiger partial charge in [-0.3, -0.25) is 0 Å². The lowest BCUT2D eigenvalue weighted by Gasteiger charge is -2.05. The van der Waals surface area contributed by atoms with Crippen LogP contribution in [-0.4, -0.2) is 14.8 Å². The highest BCUT2D eigenvalue weighted by Crippen LogP contribution is 2.22. The molecule has 2 heterocycles. The Bertz CT molecular complexity index is 546. The van der Waals surface area contributed by atoms with Crippen molar-refractivity contribution in [3.8, 4) is 5.82 Å². The van der Waals surface area contributed by atoms with Gasteiger partial charge in [-0.25, -0.2) is 9.67 Å². The van der Waals surface area contributed by atoms with Gasteiger partial charge in [0.05, 0.1) is 22.1 Å². The van der Waals surface area contributed by atoms with E-state index in [4.69, 9.17) is 23.1 Å². The van der Waals surface area contributed by atoms with Gasteiger partial charge >= 0.3 is 0 Å². The SMILES string of the molecule is Cc1nn(-c2ccc(N)c(N)n2)c(C)c1Cl. The smallest absolute Gasteiger partial charge is 0.156 e. The number of aromatic nitrogens is 3. The van der Waals surface area contributed by atoms with Gasteiger partial charge in [-0.1, -0.05) is 11.6 Å². The van der Waals surface area contributed by atoms with Gasteiger partial charge in [0, 0.05) is 0 Å². The predicted molar refractivity (Wildman–Crippen MR) is 64.7 cm³/mol. The fraction of sp³-hybridized carbons (Fsp3) is 0.200. The zero-order valence-electron chi connectivity index (χ0n) is 9.03. The lowest BCUT2D eigenvalue weighted by Crippen LogP contribution is -2.05. The summed E-state index contributed by atoms with van der Waals surface area (Å²) in [5, 5.41) is 4.91. The molecule has 0 saturated heterocycles. The van der Waals surface area contributed by atoms with Crippen molar-refractivity contribution in [2.45, 2.75) is 13.8 Å². The van der Waals surface area contributed by atoms with Crippen molar-refractivity contribution >= 4 is 23.1 Å². The lowest BCUT2D eigenvalue weighted by molar-refractivity contribution is 0.808. The Morgan fingerprint density at radius 1 is 1.25 bits per heavy atom. The Labute approximate surface area is 98.0 Å². The molecule has 0 saturated carbocycles. The van der Waals surface area contributed by atoms with Crippen LogP contribution in [0.2, 0.25) is 5.02 Å². The Kier molecular flexibility index (Phi) is 2.47. The first-order chi connectivity index (χ1) is 7.50. The molecule has 84 valence electrons. The first-order valence-corrected chi connectivity index (χ1v) is 5.12. The van der Waals surface area contributed by atoms with E-state index >= 15 is 0 Å². The molecular formula is C10H12ClN5. The molecule has 5 nitrogen and oxygen atoms in total. The highest BCUT2D eigenvalue weighted by molar-refractivity contribution is 6.31. The minimum Gasteiger partial charge on any atom is -0.396 e. The van der Waals surface area contributed by atoms with Crippen LogP contribution in [-0.2, 0) is 0 Å². The number of anilines is 2. The fourth-order valence-corrected chi connectivity index (χ4v) is 1.56. The summed E-state index contributed by atoms with van der Waals surface area (Å²) in [6.45, 7) is 3.71. The molecule has 0 aliphatic heterocycles. The Morgan fingerprint density at radius 2 is 1.94 bits per heavy atom. The van der Waals surface area contributed by atoms with Gasteiger partial charge in [0.15, 0.2) is 5.82 Å². The zero-order chi connectivity index (χ0) is 11.9. The zero-order valence-corrected chi connectivity index (χ0v) is 9.78. The molecule has 0 spiro atoms. The number of rotatable bonds is 1. The van der Waals surface area contributed by atoms with E-state index in [1.165, 1.54) is 0 Å². The van der Waals surface area contributed by atoms with Gasteiger partial charge in [-0.15, -0.1) is 0 Å². The molecule has 0 aliphatic carbocycles. The molecule has 2 rings (SSSR count). The summed E-state index contributed by atoms with van der Waals surface area (Å²) in [6.07, 6.45) is 0. The van der Waals surface area contributed by atoms with Gasteiger partial charge in [-0.2, -0.15) is 5.10 Å². The van der Waals surface area contributed by atoms with Crippen LogP contribution in [0.4, 0.5) is 11.5 Å². The number of halogens is 1. The predicted octanol–water partition coefficient (Wildman–Crippen LogP) is 1.70.